The van der Waals surface area contributed by atoms with E-state index in [0.717, 1.165) is 27.8 Å². The van der Waals surface area contributed by atoms with Crippen LogP contribution in [0.2, 0.25) is 5.02 Å². The fraction of sp³-hybridized carbons (Fsp3) is 0.200. The second-order valence-electron chi connectivity index (χ2n) is 4.18. The molecule has 0 aliphatic rings. The van der Waals surface area contributed by atoms with Crippen molar-refractivity contribution in [3.8, 4) is 5.75 Å². The first-order valence-electron chi connectivity index (χ1n) is 6.02. The van der Waals surface area contributed by atoms with Gasteiger partial charge in [0, 0.05) is 21.4 Å². The fourth-order valence-electron chi connectivity index (χ4n) is 1.65. The van der Waals surface area contributed by atoms with Crippen LogP contribution in [0.4, 0.5) is 5.69 Å². The molecule has 0 spiro atoms. The smallest absolute Gasteiger partial charge is 0.122 e. The molecule has 0 aliphatic carbocycles. The zero-order chi connectivity index (χ0) is 13.7. The molecule has 0 aromatic heterocycles. The second kappa shape index (κ2) is 6.73. The van der Waals surface area contributed by atoms with E-state index in [1.54, 1.807) is 11.8 Å². The van der Waals surface area contributed by atoms with Crippen LogP contribution in [0.25, 0.3) is 0 Å². The zero-order valence-corrected chi connectivity index (χ0v) is 12.3. The lowest BCUT2D eigenvalue weighted by Crippen LogP contribution is -2.01. The molecule has 0 bridgehead atoms. The Morgan fingerprint density at radius 3 is 2.58 bits per heavy atom. The maximum atomic E-state index is 5.90. The molecular weight excluding hydrogens is 278 g/mol. The predicted octanol–water partition coefficient (Wildman–Crippen LogP) is 4.40. The average molecular weight is 294 g/mol. The molecule has 0 atom stereocenters. The van der Waals surface area contributed by atoms with Gasteiger partial charge in [0.2, 0.25) is 0 Å². The maximum absolute atomic E-state index is 5.90. The van der Waals surface area contributed by atoms with Crippen molar-refractivity contribution in [2.45, 2.75) is 11.8 Å². The number of nitrogens with two attached hydrogens (primary N) is 1. The first-order chi connectivity index (χ1) is 9.15. The Labute approximate surface area is 122 Å². The third-order valence-corrected chi connectivity index (χ3v) is 3.84. The molecule has 2 N–H and O–H groups in total. The molecule has 100 valence electrons. The Kier molecular flexibility index (Phi) is 5.00. The van der Waals surface area contributed by atoms with Crippen LogP contribution in [-0.2, 0) is 0 Å². The molecule has 2 aromatic rings. The molecule has 0 saturated carbocycles. The second-order valence-corrected chi connectivity index (χ2v) is 5.78. The lowest BCUT2D eigenvalue weighted by atomic mass is 10.2. The first kappa shape index (κ1) is 14.1. The van der Waals surface area contributed by atoms with Gasteiger partial charge in [-0.3, -0.25) is 0 Å². The van der Waals surface area contributed by atoms with Crippen molar-refractivity contribution in [1.82, 2.24) is 0 Å². The van der Waals surface area contributed by atoms with Crippen LogP contribution < -0.4 is 10.5 Å². The van der Waals surface area contributed by atoms with Crippen LogP contribution in [0.3, 0.4) is 0 Å². The van der Waals surface area contributed by atoms with Gasteiger partial charge in [-0.15, -0.1) is 11.8 Å². The summed E-state index contributed by atoms with van der Waals surface area (Å²) in [5.74, 6) is 1.79. The van der Waals surface area contributed by atoms with Crippen molar-refractivity contribution in [3.05, 3.63) is 53.1 Å². The topological polar surface area (TPSA) is 35.2 Å². The number of aryl methyl sites for hydroxylation is 1. The number of hydrogen-bond acceptors (Lipinski definition) is 3. The summed E-state index contributed by atoms with van der Waals surface area (Å²) < 4.78 is 5.73. The van der Waals surface area contributed by atoms with Gasteiger partial charge in [-0.25, -0.2) is 0 Å². The largest absolute Gasteiger partial charge is 0.492 e. The quantitative estimate of drug-likeness (QED) is 0.504. The van der Waals surface area contributed by atoms with Crippen molar-refractivity contribution in [1.29, 1.82) is 0 Å². The summed E-state index contributed by atoms with van der Waals surface area (Å²) in [5, 5.41) is 0.737. The van der Waals surface area contributed by atoms with Crippen LogP contribution in [0.1, 0.15) is 5.56 Å². The van der Waals surface area contributed by atoms with E-state index >= 15 is 0 Å². The monoisotopic (exact) mass is 293 g/mol. The highest BCUT2D eigenvalue weighted by Gasteiger charge is 2.00. The van der Waals surface area contributed by atoms with E-state index in [0.29, 0.717) is 6.61 Å². The van der Waals surface area contributed by atoms with Gasteiger partial charge in [-0.2, -0.15) is 0 Å². The molecule has 0 fully saturated rings. The van der Waals surface area contributed by atoms with E-state index < -0.39 is 0 Å². The van der Waals surface area contributed by atoms with Gasteiger partial charge in [0.1, 0.15) is 5.75 Å². The summed E-state index contributed by atoms with van der Waals surface area (Å²) in [6, 6.07) is 13.5. The zero-order valence-electron chi connectivity index (χ0n) is 10.7. The molecule has 4 heteroatoms. The fourth-order valence-corrected chi connectivity index (χ4v) is 2.61. The SMILES string of the molecule is Cc1cc(Cl)ccc1OCCSc1ccc(N)cc1. The highest BCUT2D eigenvalue weighted by Crippen LogP contribution is 2.23. The van der Waals surface area contributed by atoms with Crippen molar-refractivity contribution in [3.63, 3.8) is 0 Å². The molecule has 0 unspecified atom stereocenters. The van der Waals surface area contributed by atoms with Gasteiger partial charge in [-0.05, 0) is 55.0 Å². The molecule has 2 nitrogen and oxygen atoms in total. The minimum atomic E-state index is 0.664. The number of ether oxygens (including phenoxy) is 1. The van der Waals surface area contributed by atoms with Gasteiger partial charge < -0.3 is 10.5 Å². The van der Waals surface area contributed by atoms with Crippen molar-refractivity contribution < 1.29 is 4.74 Å². The van der Waals surface area contributed by atoms with Crippen molar-refractivity contribution in [2.75, 3.05) is 18.1 Å². The van der Waals surface area contributed by atoms with Crippen LogP contribution in [0.5, 0.6) is 5.75 Å². The van der Waals surface area contributed by atoms with Gasteiger partial charge in [0.15, 0.2) is 0 Å². The maximum Gasteiger partial charge on any atom is 0.122 e. The van der Waals surface area contributed by atoms with Gasteiger partial charge in [0.05, 0.1) is 6.61 Å². The molecule has 0 aliphatic heterocycles. The Bertz CT molecular complexity index is 542. The molecule has 0 heterocycles. The summed E-state index contributed by atoms with van der Waals surface area (Å²) in [4.78, 5) is 1.20. The van der Waals surface area contributed by atoms with Crippen molar-refractivity contribution in [2.24, 2.45) is 0 Å². The minimum absolute atomic E-state index is 0.664. The number of hydrogen-bond donors (Lipinski definition) is 1. The third-order valence-electron chi connectivity index (χ3n) is 2.63. The number of rotatable bonds is 5. The number of anilines is 1. The van der Waals surface area contributed by atoms with Crippen LogP contribution in [0.15, 0.2) is 47.4 Å². The van der Waals surface area contributed by atoms with Crippen molar-refractivity contribution >= 4 is 29.1 Å². The molecule has 0 saturated heterocycles. The molecular formula is C15H16ClNOS. The highest BCUT2D eigenvalue weighted by atomic mass is 35.5. The van der Waals surface area contributed by atoms with Crippen LogP contribution in [-0.4, -0.2) is 12.4 Å². The Morgan fingerprint density at radius 1 is 1.16 bits per heavy atom. The summed E-state index contributed by atoms with van der Waals surface area (Å²) in [6.45, 7) is 2.66. The standard InChI is InChI=1S/C15H16ClNOS/c1-11-10-12(16)2-7-15(11)18-8-9-19-14-5-3-13(17)4-6-14/h2-7,10H,8-9,17H2,1H3. The van der Waals surface area contributed by atoms with E-state index in [1.165, 1.54) is 4.90 Å². The van der Waals surface area contributed by atoms with Gasteiger partial charge >= 0.3 is 0 Å². The Balaban J connectivity index is 1.79. The minimum Gasteiger partial charge on any atom is -0.492 e. The lowest BCUT2D eigenvalue weighted by molar-refractivity contribution is 0.341. The molecule has 0 radical (unpaired) electrons. The Morgan fingerprint density at radius 2 is 1.89 bits per heavy atom. The molecule has 2 aromatic carbocycles. The number of thioether (sulfide) groups is 1. The summed E-state index contributed by atoms with van der Waals surface area (Å²) in [7, 11) is 0. The Hall–Kier alpha value is -1.32. The highest BCUT2D eigenvalue weighted by molar-refractivity contribution is 7.99. The third kappa shape index (κ3) is 4.37. The van der Waals surface area contributed by atoms with E-state index in [4.69, 9.17) is 22.1 Å². The number of benzene rings is 2. The summed E-state index contributed by atoms with van der Waals surface area (Å²) in [5.41, 5.74) is 7.49. The number of nitrogen functional groups attached to an aromatic ring is 1. The molecule has 2 rings (SSSR count). The van der Waals surface area contributed by atoms with Gasteiger partial charge in [-0.1, -0.05) is 11.6 Å². The van der Waals surface area contributed by atoms with Gasteiger partial charge in [0.25, 0.3) is 0 Å². The normalized spacial score (nSPS) is 10.4. The average Bonchev–Trinajstić information content (AvgIpc) is 2.39. The van der Waals surface area contributed by atoms with E-state index in [9.17, 15) is 0 Å². The molecule has 19 heavy (non-hydrogen) atoms. The summed E-state index contributed by atoms with van der Waals surface area (Å²) >= 11 is 7.65. The van der Waals surface area contributed by atoms with Crippen LogP contribution in [0, 0.1) is 6.92 Å². The van der Waals surface area contributed by atoms with E-state index in [-0.39, 0.29) is 0 Å². The lowest BCUT2D eigenvalue weighted by Gasteiger charge is -2.09. The summed E-state index contributed by atoms with van der Waals surface area (Å²) in [6.07, 6.45) is 0. The van der Waals surface area contributed by atoms with Crippen LogP contribution >= 0.6 is 23.4 Å². The number of halogens is 1. The van der Waals surface area contributed by atoms with E-state index in [2.05, 4.69) is 0 Å². The predicted molar refractivity (Wildman–Crippen MR) is 83.3 cm³/mol. The first-order valence-corrected chi connectivity index (χ1v) is 7.39. The van der Waals surface area contributed by atoms with E-state index in [1.807, 2.05) is 49.4 Å². The molecule has 0 amide bonds.